The predicted molar refractivity (Wildman–Crippen MR) is 87.7 cm³/mol. The van der Waals surface area contributed by atoms with Gasteiger partial charge in [0.15, 0.2) is 5.96 Å². The zero-order valence-corrected chi connectivity index (χ0v) is 13.7. The average Bonchev–Trinajstić information content (AvgIpc) is 2.72. The van der Waals surface area contributed by atoms with Crippen LogP contribution in [0, 0.1) is 0 Å². The molecule has 1 heterocycles. The summed E-state index contributed by atoms with van der Waals surface area (Å²) < 4.78 is 0. The molecule has 0 aromatic rings. The monoisotopic (exact) mass is 309 g/mol. The quantitative estimate of drug-likeness (QED) is 0.204. The highest BCUT2D eigenvalue weighted by Crippen LogP contribution is 2.20. The van der Waals surface area contributed by atoms with Gasteiger partial charge < -0.3 is 16.0 Å². The molecule has 1 fully saturated rings. The molecule has 1 saturated heterocycles. The Labute approximate surface area is 132 Å². The summed E-state index contributed by atoms with van der Waals surface area (Å²) in [5.41, 5.74) is -0.763. The summed E-state index contributed by atoms with van der Waals surface area (Å²) in [6, 6.07) is -0.310. The summed E-state index contributed by atoms with van der Waals surface area (Å²) in [6.07, 6.45) is 2.97. The molecule has 22 heavy (non-hydrogen) atoms. The number of guanidine groups is 1. The highest BCUT2D eigenvalue weighted by Gasteiger charge is 2.45. The molecule has 0 aliphatic carbocycles. The molecule has 7 heteroatoms. The summed E-state index contributed by atoms with van der Waals surface area (Å²) in [5, 5.41) is 8.96. The van der Waals surface area contributed by atoms with Crippen molar-refractivity contribution >= 4 is 17.9 Å². The van der Waals surface area contributed by atoms with Crippen molar-refractivity contribution in [1.29, 1.82) is 0 Å². The number of rotatable bonds is 8. The number of hydrogen-bond donors (Lipinski definition) is 3. The third kappa shape index (κ3) is 4.47. The second kappa shape index (κ2) is 8.41. The molecule has 124 valence electrons. The van der Waals surface area contributed by atoms with Crippen LogP contribution in [-0.4, -0.2) is 54.5 Å². The molecular formula is C15H27N5O2. The lowest BCUT2D eigenvalue weighted by Crippen LogP contribution is -2.43. The molecule has 3 amide bonds. The van der Waals surface area contributed by atoms with E-state index in [4.69, 9.17) is 0 Å². The van der Waals surface area contributed by atoms with Gasteiger partial charge in [-0.15, -0.1) is 6.58 Å². The van der Waals surface area contributed by atoms with E-state index < -0.39 is 5.54 Å². The predicted octanol–water partition coefficient (Wildman–Crippen LogP) is 0.838. The Hall–Kier alpha value is -2.05. The van der Waals surface area contributed by atoms with E-state index in [0.29, 0.717) is 38.4 Å². The van der Waals surface area contributed by atoms with E-state index in [1.165, 1.54) is 4.90 Å². The Kier molecular flexibility index (Phi) is 6.88. The molecule has 7 nitrogen and oxygen atoms in total. The molecule has 3 N–H and O–H groups in total. The smallest absolute Gasteiger partial charge is 0.325 e. The Balaban J connectivity index is 2.47. The van der Waals surface area contributed by atoms with Gasteiger partial charge in [-0.05, 0) is 26.7 Å². The van der Waals surface area contributed by atoms with E-state index >= 15 is 0 Å². The van der Waals surface area contributed by atoms with Gasteiger partial charge in [0.2, 0.25) is 0 Å². The van der Waals surface area contributed by atoms with E-state index in [2.05, 4.69) is 27.5 Å². The molecule has 0 saturated carbocycles. The number of carbonyl (C=O) groups is 2. The van der Waals surface area contributed by atoms with E-state index in [1.54, 1.807) is 13.0 Å². The first-order chi connectivity index (χ1) is 10.5. The van der Waals surface area contributed by atoms with E-state index in [0.717, 1.165) is 6.54 Å². The molecule has 1 rings (SSSR count). The van der Waals surface area contributed by atoms with Crippen LogP contribution in [0.4, 0.5) is 4.79 Å². The van der Waals surface area contributed by atoms with Crippen molar-refractivity contribution in [3.63, 3.8) is 0 Å². The van der Waals surface area contributed by atoms with Gasteiger partial charge in [-0.3, -0.25) is 14.7 Å². The zero-order chi connectivity index (χ0) is 16.6. The second-order valence-corrected chi connectivity index (χ2v) is 5.36. The highest BCUT2D eigenvalue weighted by molar-refractivity contribution is 6.06. The summed E-state index contributed by atoms with van der Waals surface area (Å²) in [7, 11) is 0. The number of aliphatic imine (C=N–C) groups is 1. The summed E-state index contributed by atoms with van der Waals surface area (Å²) >= 11 is 0. The van der Waals surface area contributed by atoms with Gasteiger partial charge in [0, 0.05) is 26.2 Å². The number of nitrogens with one attached hydrogen (secondary N) is 3. The minimum absolute atomic E-state index is 0.152. The Morgan fingerprint density at radius 1 is 1.41 bits per heavy atom. The molecular weight excluding hydrogens is 282 g/mol. The molecule has 1 aliphatic rings. The van der Waals surface area contributed by atoms with Crippen molar-refractivity contribution < 1.29 is 9.59 Å². The third-order valence-corrected chi connectivity index (χ3v) is 3.62. The average molecular weight is 309 g/mol. The van der Waals surface area contributed by atoms with Crippen LogP contribution in [0.3, 0.4) is 0 Å². The van der Waals surface area contributed by atoms with Crippen LogP contribution in [-0.2, 0) is 4.79 Å². The van der Waals surface area contributed by atoms with Crippen LogP contribution in [0.15, 0.2) is 17.6 Å². The second-order valence-electron chi connectivity index (χ2n) is 5.36. The SMILES string of the molecule is C=CCNC(=NCCCN1C(=O)NC(C)(CC)C1=O)NCC. The van der Waals surface area contributed by atoms with Crippen LogP contribution < -0.4 is 16.0 Å². The fraction of sp³-hybridized carbons (Fsp3) is 0.667. The first-order valence-electron chi connectivity index (χ1n) is 7.75. The molecule has 1 unspecified atom stereocenters. The molecule has 0 aromatic carbocycles. The standard InChI is InChI=1S/C15H27N5O2/c1-5-9-17-13(16-7-3)18-10-8-11-20-12(21)15(4,6-2)19-14(20)22/h5H,1,6-11H2,2-4H3,(H,19,22)(H2,16,17,18). The fourth-order valence-electron chi connectivity index (χ4n) is 2.12. The lowest BCUT2D eigenvalue weighted by Gasteiger charge is -2.19. The van der Waals surface area contributed by atoms with Gasteiger partial charge in [0.25, 0.3) is 5.91 Å². The van der Waals surface area contributed by atoms with Crippen LogP contribution >= 0.6 is 0 Å². The number of hydrogen-bond acceptors (Lipinski definition) is 3. The Morgan fingerprint density at radius 3 is 2.68 bits per heavy atom. The molecule has 0 bridgehead atoms. The molecule has 1 aliphatic heterocycles. The minimum atomic E-state index is -0.763. The zero-order valence-electron chi connectivity index (χ0n) is 13.7. The van der Waals surface area contributed by atoms with Gasteiger partial charge in [0.05, 0.1) is 0 Å². The van der Waals surface area contributed by atoms with Crippen molar-refractivity contribution in [3.8, 4) is 0 Å². The van der Waals surface area contributed by atoms with Crippen molar-refractivity contribution in [2.75, 3.05) is 26.2 Å². The van der Waals surface area contributed by atoms with Crippen molar-refractivity contribution in [2.24, 2.45) is 4.99 Å². The van der Waals surface area contributed by atoms with Crippen LogP contribution in [0.2, 0.25) is 0 Å². The lowest BCUT2D eigenvalue weighted by atomic mass is 9.99. The van der Waals surface area contributed by atoms with E-state index in [-0.39, 0.29) is 11.9 Å². The number of nitrogens with zero attached hydrogens (tertiary/aromatic N) is 2. The third-order valence-electron chi connectivity index (χ3n) is 3.62. The minimum Gasteiger partial charge on any atom is -0.357 e. The number of imide groups is 1. The number of carbonyl (C=O) groups excluding carboxylic acids is 2. The molecule has 0 spiro atoms. The first-order valence-corrected chi connectivity index (χ1v) is 7.75. The van der Waals surface area contributed by atoms with Crippen molar-refractivity contribution in [1.82, 2.24) is 20.9 Å². The van der Waals surface area contributed by atoms with Gasteiger partial charge in [-0.25, -0.2) is 4.79 Å². The van der Waals surface area contributed by atoms with Gasteiger partial charge in [-0.1, -0.05) is 13.0 Å². The summed E-state index contributed by atoms with van der Waals surface area (Å²) in [5.74, 6) is 0.554. The maximum atomic E-state index is 12.2. The van der Waals surface area contributed by atoms with Crippen LogP contribution in [0.1, 0.15) is 33.6 Å². The summed E-state index contributed by atoms with van der Waals surface area (Å²) in [4.78, 5) is 29.7. The molecule has 0 radical (unpaired) electrons. The lowest BCUT2D eigenvalue weighted by molar-refractivity contribution is -0.130. The fourth-order valence-corrected chi connectivity index (χ4v) is 2.12. The van der Waals surface area contributed by atoms with Gasteiger partial charge in [0.1, 0.15) is 5.54 Å². The van der Waals surface area contributed by atoms with Gasteiger partial charge in [-0.2, -0.15) is 0 Å². The van der Waals surface area contributed by atoms with Gasteiger partial charge >= 0.3 is 6.03 Å². The number of urea groups is 1. The Bertz CT molecular complexity index is 449. The molecule has 0 aromatic heterocycles. The van der Waals surface area contributed by atoms with E-state index in [1.807, 2.05) is 13.8 Å². The van der Waals surface area contributed by atoms with Crippen LogP contribution in [0.25, 0.3) is 0 Å². The topological polar surface area (TPSA) is 85.8 Å². The normalized spacial score (nSPS) is 21.8. The summed E-state index contributed by atoms with van der Waals surface area (Å²) in [6.45, 7) is 11.6. The van der Waals surface area contributed by atoms with E-state index in [9.17, 15) is 9.59 Å². The maximum absolute atomic E-state index is 12.2. The molecule has 1 atom stereocenters. The van der Waals surface area contributed by atoms with Crippen molar-refractivity contribution in [2.45, 2.75) is 39.2 Å². The van der Waals surface area contributed by atoms with Crippen LogP contribution in [0.5, 0.6) is 0 Å². The highest BCUT2D eigenvalue weighted by atomic mass is 16.2. The van der Waals surface area contributed by atoms with Crippen molar-refractivity contribution in [3.05, 3.63) is 12.7 Å². The maximum Gasteiger partial charge on any atom is 0.325 e. The largest absolute Gasteiger partial charge is 0.357 e. The Morgan fingerprint density at radius 2 is 2.14 bits per heavy atom. The number of amides is 3. The first kappa shape index (κ1) is 18.0.